The number of carbonyl (C=O) groups is 2. The summed E-state index contributed by atoms with van der Waals surface area (Å²) in [5.41, 5.74) is 3.71. The number of nitrogens with zero attached hydrogens (tertiary/aromatic N) is 4. The summed E-state index contributed by atoms with van der Waals surface area (Å²) in [4.78, 5) is 34.1. The number of hydrogen-bond donors (Lipinski definition) is 0. The van der Waals surface area contributed by atoms with Crippen LogP contribution >= 0.6 is 0 Å². The van der Waals surface area contributed by atoms with Gasteiger partial charge < -0.3 is 19.1 Å². The molecule has 3 aliphatic rings. The first-order valence-electron chi connectivity index (χ1n) is 11.4. The van der Waals surface area contributed by atoms with Crippen molar-refractivity contribution in [2.24, 2.45) is 5.92 Å². The summed E-state index contributed by atoms with van der Waals surface area (Å²) in [5.74, 6) is 0.286. The lowest BCUT2D eigenvalue weighted by atomic mass is 9.95. The zero-order valence-electron chi connectivity index (χ0n) is 18.1. The van der Waals surface area contributed by atoms with Crippen molar-refractivity contribution < 1.29 is 14.3 Å². The fourth-order valence-electron chi connectivity index (χ4n) is 4.96. The second kappa shape index (κ2) is 8.46. The van der Waals surface area contributed by atoms with E-state index in [0.717, 1.165) is 50.0 Å². The number of ether oxygens (including phenoxy) is 1. The van der Waals surface area contributed by atoms with Gasteiger partial charge in [0, 0.05) is 32.1 Å². The van der Waals surface area contributed by atoms with Crippen LogP contribution in [0.25, 0.3) is 0 Å². The normalized spacial score (nSPS) is 21.9. The highest BCUT2D eigenvalue weighted by Gasteiger charge is 2.34. The van der Waals surface area contributed by atoms with Gasteiger partial charge in [-0.1, -0.05) is 29.8 Å². The molecule has 5 rings (SSSR count). The molecular formula is C24H30N4O3. The van der Waals surface area contributed by atoms with Crippen molar-refractivity contribution in [1.82, 2.24) is 19.4 Å². The molecule has 3 aliphatic heterocycles. The Morgan fingerprint density at radius 3 is 2.42 bits per heavy atom. The highest BCUT2D eigenvalue weighted by Crippen LogP contribution is 2.29. The molecule has 0 unspecified atom stereocenters. The number of aromatic nitrogens is 2. The highest BCUT2D eigenvalue weighted by molar-refractivity contribution is 5.93. The van der Waals surface area contributed by atoms with Gasteiger partial charge in [-0.25, -0.2) is 4.98 Å². The maximum atomic E-state index is 13.2. The maximum Gasteiger partial charge on any atom is 0.274 e. The van der Waals surface area contributed by atoms with Gasteiger partial charge in [0.05, 0.1) is 25.2 Å². The number of fused-ring (bicyclic) bond motifs is 1. The summed E-state index contributed by atoms with van der Waals surface area (Å²) in [7, 11) is 0. The minimum atomic E-state index is -0.0433. The third kappa shape index (κ3) is 3.99. The van der Waals surface area contributed by atoms with Crippen molar-refractivity contribution in [3.05, 3.63) is 53.1 Å². The summed E-state index contributed by atoms with van der Waals surface area (Å²) in [6, 6.07) is 8.38. The second-order valence-electron chi connectivity index (χ2n) is 9.00. The monoisotopic (exact) mass is 422 g/mol. The molecule has 2 aromatic rings. The van der Waals surface area contributed by atoms with Crippen molar-refractivity contribution >= 4 is 11.8 Å². The molecule has 0 bridgehead atoms. The van der Waals surface area contributed by atoms with Gasteiger partial charge in [-0.05, 0) is 38.2 Å². The van der Waals surface area contributed by atoms with Gasteiger partial charge in [-0.15, -0.1) is 0 Å². The molecule has 164 valence electrons. The number of amides is 2. The molecule has 2 amide bonds. The average molecular weight is 423 g/mol. The van der Waals surface area contributed by atoms with E-state index in [1.807, 2.05) is 14.4 Å². The van der Waals surface area contributed by atoms with Crippen LogP contribution in [0.5, 0.6) is 0 Å². The van der Waals surface area contributed by atoms with E-state index < -0.39 is 0 Å². The van der Waals surface area contributed by atoms with Crippen molar-refractivity contribution in [2.75, 3.05) is 26.2 Å². The number of rotatable bonds is 3. The lowest BCUT2D eigenvalue weighted by Gasteiger charge is -2.33. The van der Waals surface area contributed by atoms with Gasteiger partial charge in [-0.2, -0.15) is 0 Å². The molecule has 1 atom stereocenters. The maximum absolute atomic E-state index is 13.2. The number of likely N-dealkylation sites (tertiary alicyclic amines) is 2. The van der Waals surface area contributed by atoms with Crippen molar-refractivity contribution in [3.8, 4) is 0 Å². The molecule has 0 aliphatic carbocycles. The Morgan fingerprint density at radius 2 is 1.71 bits per heavy atom. The molecule has 4 heterocycles. The molecule has 7 nitrogen and oxygen atoms in total. The molecule has 0 spiro atoms. The first-order chi connectivity index (χ1) is 15.1. The summed E-state index contributed by atoms with van der Waals surface area (Å²) in [5, 5.41) is 0. The van der Waals surface area contributed by atoms with E-state index in [2.05, 4.69) is 36.2 Å². The molecule has 2 saturated heterocycles. The van der Waals surface area contributed by atoms with Gasteiger partial charge in [0.1, 0.15) is 6.10 Å². The van der Waals surface area contributed by atoms with Crippen LogP contribution in [0.1, 0.15) is 59.1 Å². The second-order valence-corrected chi connectivity index (χ2v) is 9.00. The third-order valence-corrected chi connectivity index (χ3v) is 6.93. The highest BCUT2D eigenvalue weighted by atomic mass is 16.5. The topological polar surface area (TPSA) is 67.7 Å². The summed E-state index contributed by atoms with van der Waals surface area (Å²) < 4.78 is 8.14. The molecule has 0 radical (unpaired) electrons. The molecule has 0 saturated carbocycles. The van der Waals surface area contributed by atoms with Gasteiger partial charge in [-0.3, -0.25) is 9.59 Å². The fraction of sp³-hybridized carbons (Fsp3) is 0.542. The zero-order valence-corrected chi connectivity index (χ0v) is 18.1. The third-order valence-electron chi connectivity index (χ3n) is 6.93. The molecule has 1 aromatic heterocycles. The lowest BCUT2D eigenvalue weighted by Crippen LogP contribution is -2.44. The van der Waals surface area contributed by atoms with Crippen LogP contribution in [-0.2, 0) is 22.7 Å². The minimum Gasteiger partial charge on any atom is -0.365 e. The number of imidazole rings is 1. The van der Waals surface area contributed by atoms with Crippen LogP contribution in [0.4, 0.5) is 0 Å². The van der Waals surface area contributed by atoms with Crippen molar-refractivity contribution in [3.63, 3.8) is 0 Å². The predicted molar refractivity (Wildman–Crippen MR) is 115 cm³/mol. The smallest absolute Gasteiger partial charge is 0.274 e. The number of piperidine rings is 1. The van der Waals surface area contributed by atoms with Crippen LogP contribution in [0.3, 0.4) is 0 Å². The molecule has 0 N–H and O–H groups in total. The Hall–Kier alpha value is -2.67. The number of aryl methyl sites for hydroxylation is 1. The number of carbonyl (C=O) groups excluding carboxylic acids is 2. The molecule has 1 aromatic carbocycles. The largest absolute Gasteiger partial charge is 0.365 e. The summed E-state index contributed by atoms with van der Waals surface area (Å²) in [6.07, 6.45) is 5.43. The van der Waals surface area contributed by atoms with E-state index in [0.29, 0.717) is 31.9 Å². The number of hydrogen-bond acceptors (Lipinski definition) is 4. The van der Waals surface area contributed by atoms with Gasteiger partial charge >= 0.3 is 0 Å². The molecule has 2 fully saturated rings. The Morgan fingerprint density at radius 1 is 1.00 bits per heavy atom. The van der Waals surface area contributed by atoms with E-state index in [4.69, 9.17) is 4.74 Å². The number of benzene rings is 1. The first-order valence-corrected chi connectivity index (χ1v) is 11.4. The standard InChI is InChI=1S/C24H30N4O3/c1-17-4-6-18(7-5-17)21-14-28-16-25-22(20(28)15-31-21)24(30)27-12-8-19(9-13-27)23(29)26-10-2-3-11-26/h4-7,16,19,21H,2-3,8-15H2,1H3/t21-/m1/s1. The Labute approximate surface area is 183 Å². The SMILES string of the molecule is Cc1ccc([C@H]2Cn3cnc(C(=O)N4CCC(C(=O)N5CCCC5)CC4)c3CO2)cc1. The van der Waals surface area contributed by atoms with E-state index in [1.54, 1.807) is 6.33 Å². The van der Waals surface area contributed by atoms with E-state index in [9.17, 15) is 9.59 Å². The van der Waals surface area contributed by atoms with Crippen LogP contribution in [0.2, 0.25) is 0 Å². The first kappa shape index (κ1) is 20.2. The lowest BCUT2D eigenvalue weighted by molar-refractivity contribution is -0.135. The van der Waals surface area contributed by atoms with Gasteiger partial charge in [0.25, 0.3) is 5.91 Å². The predicted octanol–water partition coefficient (Wildman–Crippen LogP) is 2.94. The Balaban J connectivity index is 1.22. The Bertz CT molecular complexity index is 954. The summed E-state index contributed by atoms with van der Waals surface area (Å²) in [6.45, 7) is 6.12. The van der Waals surface area contributed by atoms with Crippen molar-refractivity contribution in [2.45, 2.75) is 51.9 Å². The van der Waals surface area contributed by atoms with E-state index >= 15 is 0 Å². The van der Waals surface area contributed by atoms with Crippen LogP contribution in [0, 0.1) is 12.8 Å². The fourth-order valence-corrected chi connectivity index (χ4v) is 4.96. The Kier molecular flexibility index (Phi) is 5.52. The van der Waals surface area contributed by atoms with Crippen LogP contribution in [0.15, 0.2) is 30.6 Å². The molecule has 7 heteroatoms. The zero-order chi connectivity index (χ0) is 21.4. The summed E-state index contributed by atoms with van der Waals surface area (Å²) >= 11 is 0. The van der Waals surface area contributed by atoms with E-state index in [1.165, 1.54) is 5.56 Å². The average Bonchev–Trinajstić information content (AvgIpc) is 3.49. The van der Waals surface area contributed by atoms with Crippen molar-refractivity contribution in [1.29, 1.82) is 0 Å². The van der Waals surface area contributed by atoms with Crippen LogP contribution < -0.4 is 0 Å². The molecular weight excluding hydrogens is 392 g/mol. The minimum absolute atomic E-state index is 0.0300. The van der Waals surface area contributed by atoms with E-state index in [-0.39, 0.29) is 23.8 Å². The quantitative estimate of drug-likeness (QED) is 0.763. The van der Waals surface area contributed by atoms with Gasteiger partial charge in [0.15, 0.2) is 5.69 Å². The van der Waals surface area contributed by atoms with Crippen LogP contribution in [-0.4, -0.2) is 57.3 Å². The van der Waals surface area contributed by atoms with Gasteiger partial charge in [0.2, 0.25) is 5.91 Å². The molecule has 31 heavy (non-hydrogen) atoms.